The number of carbonyl (C=O) groups is 1. The molecule has 126 valence electrons. The molecule has 1 heterocycles. The van der Waals surface area contributed by atoms with Crippen molar-refractivity contribution in [2.24, 2.45) is 0 Å². The highest BCUT2D eigenvalue weighted by atomic mass is 16.6. The van der Waals surface area contributed by atoms with Gasteiger partial charge in [-0.25, -0.2) is 4.79 Å². The lowest BCUT2D eigenvalue weighted by molar-refractivity contribution is -0.384. The van der Waals surface area contributed by atoms with E-state index in [0.29, 0.717) is 11.1 Å². The van der Waals surface area contributed by atoms with Gasteiger partial charge < -0.3 is 9.15 Å². The van der Waals surface area contributed by atoms with Gasteiger partial charge in [-0.05, 0) is 31.2 Å². The summed E-state index contributed by atoms with van der Waals surface area (Å²) in [6.45, 7) is 1.62. The van der Waals surface area contributed by atoms with Gasteiger partial charge in [0.05, 0.1) is 10.5 Å². The van der Waals surface area contributed by atoms with Gasteiger partial charge in [0, 0.05) is 17.7 Å². The van der Waals surface area contributed by atoms with Crippen molar-refractivity contribution >= 4 is 11.7 Å². The predicted molar refractivity (Wildman–Crippen MR) is 86.7 cm³/mol. The highest BCUT2D eigenvalue weighted by Crippen LogP contribution is 2.24. The summed E-state index contributed by atoms with van der Waals surface area (Å²) in [5.41, 5.74) is 0.920. The Hall–Kier alpha value is -3.55. The first kappa shape index (κ1) is 16.3. The van der Waals surface area contributed by atoms with Crippen molar-refractivity contribution < 1.29 is 18.9 Å². The van der Waals surface area contributed by atoms with Crippen LogP contribution in [0.15, 0.2) is 59.0 Å². The maximum absolute atomic E-state index is 12.0. The fraction of sp³-hybridized carbons (Fsp3) is 0.118. The van der Waals surface area contributed by atoms with Crippen LogP contribution in [0.1, 0.15) is 29.3 Å². The zero-order valence-electron chi connectivity index (χ0n) is 13.2. The van der Waals surface area contributed by atoms with Crippen LogP contribution < -0.4 is 0 Å². The summed E-state index contributed by atoms with van der Waals surface area (Å²) in [5, 5.41) is 18.4. The van der Waals surface area contributed by atoms with Crippen LogP contribution in [0.4, 0.5) is 5.69 Å². The van der Waals surface area contributed by atoms with E-state index in [1.54, 1.807) is 37.3 Å². The highest BCUT2D eigenvalue weighted by molar-refractivity contribution is 5.89. The Balaban J connectivity index is 1.72. The average Bonchev–Trinajstić information content (AvgIpc) is 3.13. The largest absolute Gasteiger partial charge is 0.449 e. The van der Waals surface area contributed by atoms with E-state index in [2.05, 4.69) is 10.2 Å². The van der Waals surface area contributed by atoms with Crippen LogP contribution in [-0.2, 0) is 4.74 Å². The van der Waals surface area contributed by atoms with E-state index in [-0.39, 0.29) is 17.5 Å². The van der Waals surface area contributed by atoms with Crippen LogP contribution in [0, 0.1) is 10.1 Å². The Kier molecular flexibility index (Phi) is 4.51. The molecule has 1 aromatic heterocycles. The third-order valence-corrected chi connectivity index (χ3v) is 3.41. The first-order chi connectivity index (χ1) is 12.0. The number of hydrogen-bond donors (Lipinski definition) is 0. The number of carbonyl (C=O) groups excluding carboxylic acids is 1. The normalized spacial score (nSPS) is 11.7. The maximum atomic E-state index is 12.0. The van der Waals surface area contributed by atoms with Crippen LogP contribution in [0.2, 0.25) is 0 Å². The topological polar surface area (TPSA) is 108 Å². The van der Waals surface area contributed by atoms with Crippen molar-refractivity contribution in [3.05, 3.63) is 76.2 Å². The third-order valence-electron chi connectivity index (χ3n) is 3.41. The lowest BCUT2D eigenvalue weighted by atomic mass is 10.2. The molecule has 3 rings (SSSR count). The molecule has 0 spiro atoms. The summed E-state index contributed by atoms with van der Waals surface area (Å²) in [6.07, 6.45) is -0.730. The Morgan fingerprint density at radius 2 is 1.80 bits per heavy atom. The zero-order valence-corrected chi connectivity index (χ0v) is 13.2. The molecule has 1 atom stereocenters. The van der Waals surface area contributed by atoms with Crippen LogP contribution >= 0.6 is 0 Å². The molecule has 0 unspecified atom stereocenters. The number of nitro groups is 1. The Morgan fingerprint density at radius 3 is 2.44 bits per heavy atom. The Labute approximate surface area is 142 Å². The van der Waals surface area contributed by atoms with E-state index >= 15 is 0 Å². The number of hydrogen-bond acceptors (Lipinski definition) is 7. The predicted octanol–water partition coefficient (Wildman–Crippen LogP) is 3.56. The second-order valence-corrected chi connectivity index (χ2v) is 5.16. The number of benzene rings is 2. The van der Waals surface area contributed by atoms with E-state index in [1.807, 2.05) is 0 Å². The van der Waals surface area contributed by atoms with Gasteiger partial charge in [0.1, 0.15) is 0 Å². The van der Waals surface area contributed by atoms with E-state index < -0.39 is 17.0 Å². The summed E-state index contributed by atoms with van der Waals surface area (Å²) in [5.74, 6) is -0.173. The minimum absolute atomic E-state index is 0.0337. The number of esters is 1. The van der Waals surface area contributed by atoms with E-state index in [1.165, 1.54) is 24.3 Å². The van der Waals surface area contributed by atoms with Crippen molar-refractivity contribution in [1.82, 2.24) is 10.2 Å². The van der Waals surface area contributed by atoms with Gasteiger partial charge in [-0.1, -0.05) is 18.2 Å². The first-order valence-electron chi connectivity index (χ1n) is 7.39. The molecule has 0 saturated heterocycles. The van der Waals surface area contributed by atoms with Crippen molar-refractivity contribution in [2.75, 3.05) is 0 Å². The molecular weight excluding hydrogens is 326 g/mol. The number of ether oxygens (including phenoxy) is 1. The van der Waals surface area contributed by atoms with E-state index in [0.717, 1.165) is 0 Å². The standard InChI is InChI=1S/C17H13N3O5/c1-11(24-17(21)13-5-3-2-4-6-13)15-18-19-16(25-15)12-7-9-14(10-8-12)20(22)23/h2-11H,1H3/t11-/m0/s1. The first-order valence-corrected chi connectivity index (χ1v) is 7.39. The minimum atomic E-state index is -0.730. The van der Waals surface area contributed by atoms with Gasteiger partial charge in [0.25, 0.3) is 11.6 Å². The number of non-ortho nitro benzene ring substituents is 1. The Bertz CT molecular complexity index is 890. The quantitative estimate of drug-likeness (QED) is 0.397. The van der Waals surface area contributed by atoms with Crippen LogP contribution in [0.3, 0.4) is 0 Å². The van der Waals surface area contributed by atoms with Gasteiger partial charge in [0.2, 0.25) is 5.89 Å². The lowest BCUT2D eigenvalue weighted by Crippen LogP contribution is -2.09. The fourth-order valence-electron chi connectivity index (χ4n) is 2.09. The van der Waals surface area contributed by atoms with Gasteiger partial charge in [-0.2, -0.15) is 0 Å². The number of aromatic nitrogens is 2. The van der Waals surface area contributed by atoms with Crippen LogP contribution in [0.25, 0.3) is 11.5 Å². The summed E-state index contributed by atoms with van der Waals surface area (Å²) < 4.78 is 10.8. The molecule has 0 radical (unpaired) electrons. The third kappa shape index (κ3) is 3.69. The summed E-state index contributed by atoms with van der Waals surface area (Å²) in [4.78, 5) is 22.2. The fourth-order valence-corrected chi connectivity index (χ4v) is 2.09. The molecule has 0 N–H and O–H groups in total. The summed E-state index contributed by atoms with van der Waals surface area (Å²) in [7, 11) is 0. The van der Waals surface area contributed by atoms with Crippen LogP contribution in [0.5, 0.6) is 0 Å². The monoisotopic (exact) mass is 339 g/mol. The molecule has 0 aliphatic rings. The molecule has 2 aromatic carbocycles. The summed E-state index contributed by atoms with van der Waals surface area (Å²) >= 11 is 0. The molecule has 0 bridgehead atoms. The number of rotatable bonds is 5. The molecule has 0 saturated carbocycles. The van der Waals surface area contributed by atoms with E-state index in [4.69, 9.17) is 9.15 Å². The molecule has 8 heteroatoms. The molecule has 25 heavy (non-hydrogen) atoms. The number of nitro benzene ring substituents is 1. The minimum Gasteiger partial charge on any atom is -0.449 e. The van der Waals surface area contributed by atoms with Crippen molar-refractivity contribution in [3.63, 3.8) is 0 Å². The molecule has 3 aromatic rings. The summed E-state index contributed by atoms with van der Waals surface area (Å²) in [6, 6.07) is 14.3. The molecule has 0 aliphatic heterocycles. The second kappa shape index (κ2) is 6.91. The van der Waals surface area contributed by atoms with Gasteiger partial charge in [0.15, 0.2) is 6.10 Å². The van der Waals surface area contributed by atoms with E-state index in [9.17, 15) is 14.9 Å². The number of nitrogens with zero attached hydrogens (tertiary/aromatic N) is 3. The molecule has 8 nitrogen and oxygen atoms in total. The average molecular weight is 339 g/mol. The maximum Gasteiger partial charge on any atom is 0.338 e. The zero-order chi connectivity index (χ0) is 17.8. The van der Waals surface area contributed by atoms with Gasteiger partial charge in [-0.3, -0.25) is 10.1 Å². The molecule has 0 fully saturated rings. The molecular formula is C17H13N3O5. The van der Waals surface area contributed by atoms with Crippen molar-refractivity contribution in [3.8, 4) is 11.5 Å². The lowest BCUT2D eigenvalue weighted by Gasteiger charge is -2.09. The molecule has 0 aliphatic carbocycles. The molecule has 0 amide bonds. The van der Waals surface area contributed by atoms with Crippen LogP contribution in [-0.4, -0.2) is 21.1 Å². The second-order valence-electron chi connectivity index (χ2n) is 5.16. The smallest absolute Gasteiger partial charge is 0.338 e. The van der Waals surface area contributed by atoms with Gasteiger partial charge in [-0.15, -0.1) is 10.2 Å². The Morgan fingerprint density at radius 1 is 1.12 bits per heavy atom. The highest BCUT2D eigenvalue weighted by Gasteiger charge is 2.20. The van der Waals surface area contributed by atoms with Crippen molar-refractivity contribution in [1.29, 1.82) is 0 Å². The SMILES string of the molecule is C[C@H](OC(=O)c1ccccc1)c1nnc(-c2ccc([N+](=O)[O-])cc2)o1. The van der Waals surface area contributed by atoms with Gasteiger partial charge >= 0.3 is 5.97 Å². The van der Waals surface area contributed by atoms with Crippen molar-refractivity contribution in [2.45, 2.75) is 13.0 Å².